The van der Waals surface area contributed by atoms with Crippen LogP contribution in [0.1, 0.15) is 34.6 Å². The van der Waals surface area contributed by atoms with E-state index in [-0.39, 0.29) is 5.82 Å². The highest BCUT2D eigenvalue weighted by atomic mass is 16.5. The van der Waals surface area contributed by atoms with Gasteiger partial charge >= 0.3 is 5.97 Å². The molecule has 0 N–H and O–H groups in total. The number of carbonyl (C=O) groups excluding carboxylic acids is 1. The Morgan fingerprint density at radius 2 is 2.16 bits per heavy atom. The number of rotatable bonds is 4. The molecule has 2 rings (SSSR count). The molecule has 0 bridgehead atoms. The summed E-state index contributed by atoms with van der Waals surface area (Å²) >= 11 is 0. The van der Waals surface area contributed by atoms with Gasteiger partial charge in [0, 0.05) is 6.20 Å². The van der Waals surface area contributed by atoms with Gasteiger partial charge in [0.2, 0.25) is 5.82 Å². The van der Waals surface area contributed by atoms with Crippen LogP contribution in [0.3, 0.4) is 0 Å². The van der Waals surface area contributed by atoms with Gasteiger partial charge in [-0.3, -0.25) is 9.55 Å². The molecule has 2 aromatic rings. The largest absolute Gasteiger partial charge is 0.460 e. The van der Waals surface area contributed by atoms with Gasteiger partial charge in [0.15, 0.2) is 0 Å². The lowest BCUT2D eigenvalue weighted by Crippen LogP contribution is -2.16. The molecule has 100 valence electrons. The molecule has 19 heavy (non-hydrogen) atoms. The smallest absolute Gasteiger partial charge is 0.376 e. The van der Waals surface area contributed by atoms with Gasteiger partial charge in [0.25, 0.3) is 0 Å². The number of hydrogen-bond acceptors (Lipinski definition) is 5. The summed E-state index contributed by atoms with van der Waals surface area (Å²) in [5.74, 6) is 0.411. The van der Waals surface area contributed by atoms with Crippen LogP contribution in [0.2, 0.25) is 0 Å². The Labute approximate surface area is 111 Å². The molecule has 0 aliphatic rings. The lowest BCUT2D eigenvalue weighted by atomic mass is 10.2. The average molecular weight is 260 g/mol. The van der Waals surface area contributed by atoms with Crippen molar-refractivity contribution in [1.82, 2.24) is 19.7 Å². The molecule has 0 spiro atoms. The second-order valence-corrected chi connectivity index (χ2v) is 4.14. The predicted molar refractivity (Wildman–Crippen MR) is 68.8 cm³/mol. The summed E-state index contributed by atoms with van der Waals surface area (Å²) in [6.07, 6.45) is 1.73. The topological polar surface area (TPSA) is 69.9 Å². The molecule has 0 fully saturated rings. The van der Waals surface area contributed by atoms with E-state index in [9.17, 15) is 4.79 Å². The number of aryl methyl sites for hydroxylation is 2. The summed E-state index contributed by atoms with van der Waals surface area (Å²) in [7, 11) is 0. The lowest BCUT2D eigenvalue weighted by molar-refractivity contribution is 0.0506. The molecular weight excluding hydrogens is 244 g/mol. The summed E-state index contributed by atoms with van der Waals surface area (Å²) in [5, 5.41) is 7.80. The Hall–Kier alpha value is -2.24. The fraction of sp³-hybridized carbons (Fsp3) is 0.385. The van der Waals surface area contributed by atoms with Crippen LogP contribution in [0.4, 0.5) is 0 Å². The van der Waals surface area contributed by atoms with Crippen molar-refractivity contribution in [2.75, 3.05) is 6.61 Å². The van der Waals surface area contributed by atoms with E-state index in [1.54, 1.807) is 24.6 Å². The maximum atomic E-state index is 11.8. The molecule has 2 heterocycles. The van der Waals surface area contributed by atoms with E-state index in [0.717, 1.165) is 11.3 Å². The third kappa shape index (κ3) is 2.78. The Morgan fingerprint density at radius 1 is 1.37 bits per heavy atom. The fourth-order valence-electron chi connectivity index (χ4n) is 1.75. The van der Waals surface area contributed by atoms with E-state index in [1.807, 2.05) is 19.1 Å². The lowest BCUT2D eigenvalue weighted by Gasteiger charge is -2.09. The van der Waals surface area contributed by atoms with Crippen LogP contribution in [0.25, 0.3) is 0 Å². The highest BCUT2D eigenvalue weighted by Crippen LogP contribution is 2.10. The van der Waals surface area contributed by atoms with Crippen molar-refractivity contribution in [3.05, 3.63) is 41.2 Å². The highest BCUT2D eigenvalue weighted by molar-refractivity contribution is 5.85. The molecule has 0 radical (unpaired) electrons. The maximum Gasteiger partial charge on any atom is 0.376 e. The normalized spacial score (nSPS) is 10.5. The van der Waals surface area contributed by atoms with Crippen molar-refractivity contribution in [2.24, 2.45) is 0 Å². The molecule has 6 heteroatoms. The van der Waals surface area contributed by atoms with Crippen molar-refractivity contribution in [2.45, 2.75) is 27.3 Å². The van der Waals surface area contributed by atoms with Crippen molar-refractivity contribution in [1.29, 1.82) is 0 Å². The van der Waals surface area contributed by atoms with Gasteiger partial charge in [-0.05, 0) is 32.4 Å². The maximum absolute atomic E-state index is 11.8. The summed E-state index contributed by atoms with van der Waals surface area (Å²) in [6, 6.07) is 3.86. The highest BCUT2D eigenvalue weighted by Gasteiger charge is 2.18. The van der Waals surface area contributed by atoms with Crippen molar-refractivity contribution in [3.8, 4) is 0 Å². The number of carbonyl (C=O) groups is 1. The summed E-state index contributed by atoms with van der Waals surface area (Å²) in [6.45, 7) is 6.31. The number of hydrogen-bond donors (Lipinski definition) is 0. The zero-order chi connectivity index (χ0) is 13.8. The molecular formula is C13H16N4O2. The minimum absolute atomic E-state index is 0.212. The number of ether oxygens (including phenoxy) is 1. The van der Waals surface area contributed by atoms with E-state index >= 15 is 0 Å². The summed E-state index contributed by atoms with van der Waals surface area (Å²) < 4.78 is 6.68. The van der Waals surface area contributed by atoms with E-state index in [1.165, 1.54) is 0 Å². The molecule has 0 aliphatic heterocycles. The SMILES string of the molecule is CCOC(=O)c1nnc(C)n1Cc1ncccc1C. The second-order valence-electron chi connectivity index (χ2n) is 4.14. The van der Waals surface area contributed by atoms with Gasteiger partial charge in [0.05, 0.1) is 18.8 Å². The molecule has 0 aliphatic carbocycles. The van der Waals surface area contributed by atoms with Crippen LogP contribution in [-0.2, 0) is 11.3 Å². The Kier molecular flexibility index (Phi) is 3.89. The summed E-state index contributed by atoms with van der Waals surface area (Å²) in [4.78, 5) is 16.1. The fourth-order valence-corrected chi connectivity index (χ4v) is 1.75. The first-order valence-corrected chi connectivity index (χ1v) is 6.11. The van der Waals surface area contributed by atoms with Crippen LogP contribution < -0.4 is 0 Å². The number of esters is 1. The first kappa shape index (κ1) is 13.2. The third-order valence-electron chi connectivity index (χ3n) is 2.82. The molecule has 0 amide bonds. The minimum Gasteiger partial charge on any atom is -0.460 e. The Bertz CT molecular complexity index is 592. The Balaban J connectivity index is 2.32. The third-order valence-corrected chi connectivity index (χ3v) is 2.82. The van der Waals surface area contributed by atoms with E-state index < -0.39 is 5.97 Å². The van der Waals surface area contributed by atoms with Gasteiger partial charge in [-0.15, -0.1) is 10.2 Å². The second kappa shape index (κ2) is 5.60. The van der Waals surface area contributed by atoms with Crippen LogP contribution in [0.15, 0.2) is 18.3 Å². The van der Waals surface area contributed by atoms with Crippen LogP contribution >= 0.6 is 0 Å². The van der Waals surface area contributed by atoms with E-state index in [0.29, 0.717) is 19.0 Å². The van der Waals surface area contributed by atoms with Gasteiger partial charge < -0.3 is 4.74 Å². The van der Waals surface area contributed by atoms with E-state index in [2.05, 4.69) is 15.2 Å². The number of nitrogens with zero attached hydrogens (tertiary/aromatic N) is 4. The standard InChI is InChI=1S/C13H16N4O2/c1-4-19-13(18)12-16-15-10(3)17(12)8-11-9(2)6-5-7-14-11/h5-7H,4,8H2,1-3H3. The molecule has 0 atom stereocenters. The quantitative estimate of drug-likeness (QED) is 0.779. The number of pyridine rings is 1. The Morgan fingerprint density at radius 3 is 2.84 bits per heavy atom. The first-order valence-electron chi connectivity index (χ1n) is 6.11. The molecule has 0 unspecified atom stereocenters. The zero-order valence-electron chi connectivity index (χ0n) is 11.3. The molecule has 2 aromatic heterocycles. The van der Waals surface area contributed by atoms with Crippen LogP contribution in [0.5, 0.6) is 0 Å². The van der Waals surface area contributed by atoms with Gasteiger partial charge in [-0.25, -0.2) is 4.79 Å². The minimum atomic E-state index is -0.461. The molecule has 0 saturated carbocycles. The zero-order valence-corrected chi connectivity index (χ0v) is 11.3. The van der Waals surface area contributed by atoms with Gasteiger partial charge in [0.1, 0.15) is 5.82 Å². The van der Waals surface area contributed by atoms with Crippen molar-refractivity contribution < 1.29 is 9.53 Å². The molecule has 0 saturated heterocycles. The summed E-state index contributed by atoms with van der Waals surface area (Å²) in [5.41, 5.74) is 1.95. The van der Waals surface area contributed by atoms with Crippen molar-refractivity contribution in [3.63, 3.8) is 0 Å². The molecule has 0 aromatic carbocycles. The van der Waals surface area contributed by atoms with Crippen molar-refractivity contribution >= 4 is 5.97 Å². The average Bonchev–Trinajstić information content (AvgIpc) is 2.74. The van der Waals surface area contributed by atoms with Crippen LogP contribution in [0, 0.1) is 13.8 Å². The van der Waals surface area contributed by atoms with Gasteiger partial charge in [-0.1, -0.05) is 6.07 Å². The monoisotopic (exact) mass is 260 g/mol. The number of aromatic nitrogens is 4. The first-order chi connectivity index (χ1) is 9.13. The predicted octanol–water partition coefficient (Wildman–Crippen LogP) is 1.51. The van der Waals surface area contributed by atoms with Gasteiger partial charge in [-0.2, -0.15) is 0 Å². The van der Waals surface area contributed by atoms with Crippen LogP contribution in [-0.4, -0.2) is 32.3 Å². The molecule has 6 nitrogen and oxygen atoms in total. The van der Waals surface area contributed by atoms with E-state index in [4.69, 9.17) is 4.74 Å².